The molecule has 0 saturated heterocycles. The van der Waals surface area contributed by atoms with Gasteiger partial charge in [0.15, 0.2) is 0 Å². The van der Waals surface area contributed by atoms with Crippen LogP contribution in [0.2, 0.25) is 0 Å². The van der Waals surface area contributed by atoms with E-state index in [0.29, 0.717) is 6.54 Å². The van der Waals surface area contributed by atoms with E-state index in [4.69, 9.17) is 4.98 Å². The molecule has 4 heteroatoms. The van der Waals surface area contributed by atoms with Crippen molar-refractivity contribution in [3.63, 3.8) is 0 Å². The zero-order valence-corrected chi connectivity index (χ0v) is 13.7. The molecule has 1 aromatic rings. The Morgan fingerprint density at radius 2 is 1.86 bits per heavy atom. The van der Waals surface area contributed by atoms with E-state index in [1.807, 2.05) is 24.1 Å². The summed E-state index contributed by atoms with van der Waals surface area (Å²) < 4.78 is 0. The highest BCUT2D eigenvalue weighted by Gasteiger charge is 2.32. The summed E-state index contributed by atoms with van der Waals surface area (Å²) >= 11 is 0. The summed E-state index contributed by atoms with van der Waals surface area (Å²) in [6, 6.07) is 3.87. The topological polar surface area (TPSA) is 56.6 Å². The van der Waals surface area contributed by atoms with Crippen molar-refractivity contribution in [3.05, 3.63) is 23.4 Å². The Hall–Kier alpha value is -1.13. The van der Waals surface area contributed by atoms with Gasteiger partial charge in [0.25, 0.3) is 0 Å². The first-order valence-electron chi connectivity index (χ1n) is 7.79. The van der Waals surface area contributed by atoms with Gasteiger partial charge in [-0.1, -0.05) is 33.6 Å². The van der Waals surface area contributed by atoms with Crippen molar-refractivity contribution in [2.24, 2.45) is 0 Å². The lowest BCUT2D eigenvalue weighted by Gasteiger charge is -2.30. The molecule has 1 aliphatic rings. The first kappa shape index (κ1) is 16.2. The number of rotatable bonds is 4. The average Bonchev–Trinajstić information content (AvgIpc) is 2.83. The second-order valence-corrected chi connectivity index (χ2v) is 7.41. The Morgan fingerprint density at radius 3 is 2.38 bits per heavy atom. The maximum atomic E-state index is 10.6. The molecule has 0 unspecified atom stereocenters. The minimum atomic E-state index is -0.590. The Kier molecular flexibility index (Phi) is 4.59. The van der Waals surface area contributed by atoms with E-state index in [2.05, 4.69) is 20.8 Å². The quantitative estimate of drug-likeness (QED) is 0.895. The Labute approximate surface area is 127 Å². The zero-order valence-electron chi connectivity index (χ0n) is 13.7. The Bertz CT molecular complexity index is 488. The number of aromatic nitrogens is 1. The van der Waals surface area contributed by atoms with Crippen LogP contribution in [0.25, 0.3) is 0 Å². The van der Waals surface area contributed by atoms with Crippen LogP contribution in [-0.4, -0.2) is 34.4 Å². The number of hydrogen-bond acceptors (Lipinski definition) is 4. The molecule has 21 heavy (non-hydrogen) atoms. The fraction of sp³-hybridized carbons (Fsp3) is 0.706. The van der Waals surface area contributed by atoms with Gasteiger partial charge in [0.2, 0.25) is 0 Å². The number of nitrogens with zero attached hydrogens (tertiary/aromatic N) is 2. The maximum Gasteiger partial charge on any atom is 0.129 e. The molecule has 1 aliphatic carbocycles. The fourth-order valence-corrected chi connectivity index (χ4v) is 2.96. The minimum Gasteiger partial charge on any atom is -0.392 e. The van der Waals surface area contributed by atoms with Crippen LogP contribution >= 0.6 is 0 Å². The largest absolute Gasteiger partial charge is 0.392 e. The third kappa shape index (κ3) is 3.95. The second-order valence-electron chi connectivity index (χ2n) is 7.41. The van der Waals surface area contributed by atoms with E-state index < -0.39 is 5.60 Å². The van der Waals surface area contributed by atoms with Crippen LogP contribution in [0.5, 0.6) is 0 Å². The summed E-state index contributed by atoms with van der Waals surface area (Å²) in [7, 11) is 1.96. The third-order valence-electron chi connectivity index (χ3n) is 4.28. The van der Waals surface area contributed by atoms with E-state index in [-0.39, 0.29) is 12.0 Å². The van der Waals surface area contributed by atoms with Gasteiger partial charge in [0.1, 0.15) is 5.82 Å². The van der Waals surface area contributed by atoms with Gasteiger partial charge < -0.3 is 15.1 Å². The molecular weight excluding hydrogens is 264 g/mol. The van der Waals surface area contributed by atoms with Crippen LogP contribution in [0.1, 0.15) is 57.7 Å². The van der Waals surface area contributed by atoms with Gasteiger partial charge in [-0.15, -0.1) is 0 Å². The predicted molar refractivity (Wildman–Crippen MR) is 85.5 cm³/mol. The molecule has 0 radical (unpaired) electrons. The predicted octanol–water partition coefficient (Wildman–Crippen LogP) is 2.61. The molecule has 0 aliphatic heterocycles. The first-order valence-corrected chi connectivity index (χ1v) is 7.79. The zero-order chi connectivity index (χ0) is 15.7. The molecule has 0 amide bonds. The van der Waals surface area contributed by atoms with Gasteiger partial charge in [-0.3, -0.25) is 0 Å². The van der Waals surface area contributed by atoms with Crippen molar-refractivity contribution < 1.29 is 10.2 Å². The third-order valence-corrected chi connectivity index (χ3v) is 4.28. The van der Waals surface area contributed by atoms with E-state index in [1.165, 1.54) is 0 Å². The molecule has 1 fully saturated rings. The Balaban J connectivity index is 2.25. The van der Waals surface area contributed by atoms with Crippen molar-refractivity contribution in [1.29, 1.82) is 0 Å². The standard InChI is InChI=1S/C17H28N2O2/c1-16(2,3)14-9-13(11-20)10-15(18-14)19(4)12-17(21)7-5-6-8-17/h9-10,20-21H,5-8,11-12H2,1-4H3. The molecule has 0 atom stereocenters. The highest BCUT2D eigenvalue weighted by Crippen LogP contribution is 2.31. The normalized spacial score (nSPS) is 18.0. The van der Waals surface area contributed by atoms with Crippen molar-refractivity contribution in [2.75, 3.05) is 18.5 Å². The molecule has 0 bridgehead atoms. The van der Waals surface area contributed by atoms with Gasteiger partial charge in [0, 0.05) is 24.7 Å². The van der Waals surface area contributed by atoms with E-state index in [0.717, 1.165) is 42.8 Å². The monoisotopic (exact) mass is 292 g/mol. The lowest BCUT2D eigenvalue weighted by molar-refractivity contribution is 0.0558. The molecular formula is C17H28N2O2. The van der Waals surface area contributed by atoms with Gasteiger partial charge in [-0.25, -0.2) is 4.98 Å². The molecule has 2 N–H and O–H groups in total. The Morgan fingerprint density at radius 1 is 1.24 bits per heavy atom. The number of likely N-dealkylation sites (N-methyl/N-ethyl adjacent to an activating group) is 1. The van der Waals surface area contributed by atoms with E-state index in [1.54, 1.807) is 0 Å². The number of aliphatic hydroxyl groups excluding tert-OH is 1. The van der Waals surface area contributed by atoms with Crippen LogP contribution < -0.4 is 4.90 Å². The van der Waals surface area contributed by atoms with Gasteiger partial charge in [-0.05, 0) is 30.5 Å². The van der Waals surface area contributed by atoms with Crippen LogP contribution in [-0.2, 0) is 12.0 Å². The van der Waals surface area contributed by atoms with Gasteiger partial charge in [-0.2, -0.15) is 0 Å². The van der Waals surface area contributed by atoms with Crippen molar-refractivity contribution in [1.82, 2.24) is 4.98 Å². The van der Waals surface area contributed by atoms with Crippen molar-refractivity contribution in [2.45, 2.75) is 64.1 Å². The average molecular weight is 292 g/mol. The smallest absolute Gasteiger partial charge is 0.129 e. The molecule has 1 heterocycles. The number of aliphatic hydroxyl groups is 2. The SMILES string of the molecule is CN(CC1(O)CCCC1)c1cc(CO)cc(C(C)(C)C)n1. The highest BCUT2D eigenvalue weighted by molar-refractivity contribution is 5.43. The molecule has 2 rings (SSSR count). The maximum absolute atomic E-state index is 10.6. The highest BCUT2D eigenvalue weighted by atomic mass is 16.3. The molecule has 1 aromatic heterocycles. The van der Waals surface area contributed by atoms with E-state index in [9.17, 15) is 10.2 Å². The molecule has 1 saturated carbocycles. The summed E-state index contributed by atoms with van der Waals surface area (Å²) in [6.45, 7) is 6.95. The lowest BCUT2D eigenvalue weighted by Crippen LogP contribution is -2.39. The van der Waals surface area contributed by atoms with Gasteiger partial charge in [0.05, 0.1) is 12.2 Å². The number of pyridine rings is 1. The van der Waals surface area contributed by atoms with Crippen LogP contribution in [0.4, 0.5) is 5.82 Å². The summed E-state index contributed by atoms with van der Waals surface area (Å²) in [4.78, 5) is 6.74. The number of anilines is 1. The summed E-state index contributed by atoms with van der Waals surface area (Å²) in [5.74, 6) is 0.826. The van der Waals surface area contributed by atoms with Crippen LogP contribution in [0.15, 0.2) is 12.1 Å². The summed E-state index contributed by atoms with van der Waals surface area (Å²) in [5, 5.41) is 20.0. The van der Waals surface area contributed by atoms with E-state index >= 15 is 0 Å². The molecule has 118 valence electrons. The first-order chi connectivity index (χ1) is 9.73. The number of hydrogen-bond donors (Lipinski definition) is 2. The summed E-state index contributed by atoms with van der Waals surface area (Å²) in [6.07, 6.45) is 3.93. The van der Waals surface area contributed by atoms with Crippen molar-refractivity contribution in [3.8, 4) is 0 Å². The molecule has 0 aromatic carbocycles. The van der Waals surface area contributed by atoms with Crippen LogP contribution in [0, 0.1) is 0 Å². The molecule has 4 nitrogen and oxygen atoms in total. The molecule has 0 spiro atoms. The summed E-state index contributed by atoms with van der Waals surface area (Å²) in [5.41, 5.74) is 1.18. The fourth-order valence-electron chi connectivity index (χ4n) is 2.96. The lowest BCUT2D eigenvalue weighted by atomic mass is 9.90. The van der Waals surface area contributed by atoms with Crippen molar-refractivity contribution >= 4 is 5.82 Å². The minimum absolute atomic E-state index is 0.0106. The second kappa shape index (κ2) is 5.93. The van der Waals surface area contributed by atoms with Gasteiger partial charge >= 0.3 is 0 Å². The van der Waals surface area contributed by atoms with Crippen LogP contribution in [0.3, 0.4) is 0 Å².